The Hall–Kier alpha value is -3.94. The zero-order valence-electron chi connectivity index (χ0n) is 20.5. The van der Waals surface area contributed by atoms with Gasteiger partial charge in [0, 0.05) is 49.9 Å². The van der Waals surface area contributed by atoms with Crippen molar-refractivity contribution in [2.45, 2.75) is 39.7 Å². The number of nitrogens with zero attached hydrogens (tertiary/aromatic N) is 6. The highest BCUT2D eigenvalue weighted by Crippen LogP contribution is 2.24. The van der Waals surface area contributed by atoms with Crippen LogP contribution in [0.2, 0.25) is 0 Å². The minimum absolute atomic E-state index is 0.0529. The van der Waals surface area contributed by atoms with Crippen molar-refractivity contribution in [2.24, 2.45) is 0 Å². The lowest BCUT2D eigenvalue weighted by Crippen LogP contribution is -2.52. The summed E-state index contributed by atoms with van der Waals surface area (Å²) in [6.07, 6.45) is 0.777. The minimum Gasteiger partial charge on any atom is -0.365 e. The second kappa shape index (κ2) is 9.74. The number of rotatable bonds is 6. The van der Waals surface area contributed by atoms with Crippen LogP contribution in [0, 0.1) is 13.8 Å². The third-order valence-corrected chi connectivity index (χ3v) is 6.51. The van der Waals surface area contributed by atoms with Crippen molar-refractivity contribution in [3.63, 3.8) is 0 Å². The van der Waals surface area contributed by atoms with Crippen LogP contribution in [-0.4, -0.2) is 51.4 Å². The van der Waals surface area contributed by atoms with Gasteiger partial charge in [0.1, 0.15) is 5.82 Å². The standard InChI is InChI=1S/C27H31N7O/c1-19-7-9-22(10-8-19)28-27(35)14-13-25-30-29-24-11-12-26(31-34(24)25)32-15-16-33(21(3)18-32)23-6-4-5-20(2)17-23/h4-12,17,21H,13-16,18H2,1-3H3,(H,28,35)/t21-/m0/s1. The van der Waals surface area contributed by atoms with Gasteiger partial charge in [0.05, 0.1) is 0 Å². The SMILES string of the molecule is Cc1ccc(NC(=O)CCc2nnc3ccc(N4CCN(c5cccc(C)c5)[C@@H](C)C4)nn23)cc1. The Balaban J connectivity index is 1.25. The minimum atomic E-state index is -0.0529. The van der Waals surface area contributed by atoms with E-state index in [2.05, 4.69) is 63.4 Å². The van der Waals surface area contributed by atoms with Crippen LogP contribution in [0.1, 0.15) is 30.3 Å². The molecule has 1 amide bonds. The van der Waals surface area contributed by atoms with Crippen molar-refractivity contribution in [2.75, 3.05) is 34.8 Å². The number of aromatic nitrogens is 4. The highest BCUT2D eigenvalue weighted by atomic mass is 16.1. The number of carbonyl (C=O) groups is 1. The molecular weight excluding hydrogens is 438 g/mol. The topological polar surface area (TPSA) is 78.7 Å². The molecule has 35 heavy (non-hydrogen) atoms. The molecule has 1 fully saturated rings. The van der Waals surface area contributed by atoms with Gasteiger partial charge in [0.2, 0.25) is 5.91 Å². The number of piperazine rings is 1. The summed E-state index contributed by atoms with van der Waals surface area (Å²) in [5, 5.41) is 16.3. The molecule has 180 valence electrons. The summed E-state index contributed by atoms with van der Waals surface area (Å²) in [5.74, 6) is 1.54. The molecule has 0 unspecified atom stereocenters. The van der Waals surface area contributed by atoms with E-state index < -0.39 is 0 Å². The van der Waals surface area contributed by atoms with Gasteiger partial charge in [-0.15, -0.1) is 15.3 Å². The highest BCUT2D eigenvalue weighted by molar-refractivity contribution is 5.90. The number of carbonyl (C=O) groups excluding carboxylic acids is 1. The van der Waals surface area contributed by atoms with Gasteiger partial charge in [-0.1, -0.05) is 29.8 Å². The first-order valence-corrected chi connectivity index (χ1v) is 12.1. The molecule has 2 aromatic heterocycles. The Morgan fingerprint density at radius 3 is 2.60 bits per heavy atom. The molecule has 8 heteroatoms. The van der Waals surface area contributed by atoms with Crippen molar-refractivity contribution in [3.8, 4) is 0 Å². The molecule has 1 aliphatic rings. The van der Waals surface area contributed by atoms with Crippen molar-refractivity contribution >= 4 is 28.7 Å². The van der Waals surface area contributed by atoms with Crippen LogP contribution in [0.4, 0.5) is 17.2 Å². The molecule has 0 spiro atoms. The number of hydrogen-bond acceptors (Lipinski definition) is 6. The van der Waals surface area contributed by atoms with Gasteiger partial charge in [-0.05, 0) is 62.7 Å². The molecular formula is C27H31N7O. The molecule has 0 radical (unpaired) electrons. The Labute approximate surface area is 205 Å². The second-order valence-electron chi connectivity index (χ2n) is 9.32. The number of aryl methyl sites for hydroxylation is 3. The van der Waals surface area contributed by atoms with E-state index >= 15 is 0 Å². The quantitative estimate of drug-likeness (QED) is 0.459. The molecule has 3 heterocycles. The van der Waals surface area contributed by atoms with Crippen LogP contribution in [0.25, 0.3) is 5.65 Å². The first-order valence-electron chi connectivity index (χ1n) is 12.1. The lowest BCUT2D eigenvalue weighted by Gasteiger charge is -2.41. The maximum atomic E-state index is 12.4. The van der Waals surface area contributed by atoms with E-state index in [0.717, 1.165) is 36.7 Å². The van der Waals surface area contributed by atoms with Crippen molar-refractivity contribution in [1.82, 2.24) is 19.8 Å². The number of benzene rings is 2. The van der Waals surface area contributed by atoms with Crippen LogP contribution in [0.3, 0.4) is 0 Å². The molecule has 4 aromatic rings. The van der Waals surface area contributed by atoms with Gasteiger partial charge in [-0.3, -0.25) is 4.79 Å². The fraction of sp³-hybridized carbons (Fsp3) is 0.333. The molecule has 1 atom stereocenters. The van der Waals surface area contributed by atoms with Gasteiger partial charge in [-0.25, -0.2) is 0 Å². The lowest BCUT2D eigenvalue weighted by molar-refractivity contribution is -0.116. The summed E-state index contributed by atoms with van der Waals surface area (Å²) < 4.78 is 1.77. The fourth-order valence-corrected chi connectivity index (χ4v) is 4.59. The van der Waals surface area contributed by atoms with Crippen LogP contribution in [0.5, 0.6) is 0 Å². The molecule has 1 aliphatic heterocycles. The Morgan fingerprint density at radius 1 is 1.00 bits per heavy atom. The molecule has 1 saturated heterocycles. The van der Waals surface area contributed by atoms with E-state index in [4.69, 9.17) is 5.10 Å². The number of amides is 1. The first-order chi connectivity index (χ1) is 17.0. The summed E-state index contributed by atoms with van der Waals surface area (Å²) in [7, 11) is 0. The second-order valence-corrected chi connectivity index (χ2v) is 9.32. The van der Waals surface area contributed by atoms with E-state index in [1.165, 1.54) is 11.3 Å². The van der Waals surface area contributed by atoms with Crippen molar-refractivity contribution in [1.29, 1.82) is 0 Å². The zero-order chi connectivity index (χ0) is 24.4. The predicted octanol–water partition coefficient (Wildman–Crippen LogP) is 4.03. The summed E-state index contributed by atoms with van der Waals surface area (Å²) in [4.78, 5) is 17.2. The molecule has 5 rings (SSSR count). The number of hydrogen-bond donors (Lipinski definition) is 1. The number of nitrogens with one attached hydrogen (secondary N) is 1. The lowest BCUT2D eigenvalue weighted by atomic mass is 10.1. The normalized spacial score (nSPS) is 16.0. The molecule has 0 bridgehead atoms. The molecule has 8 nitrogen and oxygen atoms in total. The fourth-order valence-electron chi connectivity index (χ4n) is 4.59. The van der Waals surface area contributed by atoms with Gasteiger partial charge >= 0.3 is 0 Å². The van der Waals surface area contributed by atoms with E-state index in [-0.39, 0.29) is 5.91 Å². The summed E-state index contributed by atoms with van der Waals surface area (Å²) in [6.45, 7) is 9.10. The van der Waals surface area contributed by atoms with Crippen LogP contribution >= 0.6 is 0 Å². The Morgan fingerprint density at radius 2 is 1.83 bits per heavy atom. The average Bonchev–Trinajstić information content (AvgIpc) is 3.26. The van der Waals surface area contributed by atoms with Gasteiger partial charge < -0.3 is 15.1 Å². The van der Waals surface area contributed by atoms with Crippen molar-refractivity contribution < 1.29 is 4.79 Å². The molecule has 2 aromatic carbocycles. The van der Waals surface area contributed by atoms with Crippen LogP contribution < -0.4 is 15.1 Å². The van der Waals surface area contributed by atoms with Crippen LogP contribution in [-0.2, 0) is 11.2 Å². The highest BCUT2D eigenvalue weighted by Gasteiger charge is 2.25. The van der Waals surface area contributed by atoms with E-state index in [9.17, 15) is 4.79 Å². The summed E-state index contributed by atoms with van der Waals surface area (Å²) in [6, 6.07) is 20.8. The third kappa shape index (κ3) is 5.11. The molecule has 0 aliphatic carbocycles. The van der Waals surface area contributed by atoms with Gasteiger partial charge in [-0.2, -0.15) is 4.52 Å². The molecule has 1 N–H and O–H groups in total. The van der Waals surface area contributed by atoms with Crippen molar-refractivity contribution in [3.05, 3.63) is 77.6 Å². The number of anilines is 3. The summed E-state index contributed by atoms with van der Waals surface area (Å²) in [5.41, 5.74) is 5.19. The van der Waals surface area contributed by atoms with E-state index in [1.807, 2.05) is 43.3 Å². The van der Waals surface area contributed by atoms with Gasteiger partial charge in [0.15, 0.2) is 11.5 Å². The van der Waals surface area contributed by atoms with E-state index in [1.54, 1.807) is 4.52 Å². The predicted molar refractivity (Wildman–Crippen MR) is 139 cm³/mol. The number of fused-ring (bicyclic) bond motifs is 1. The van der Waals surface area contributed by atoms with Gasteiger partial charge in [0.25, 0.3) is 0 Å². The third-order valence-electron chi connectivity index (χ3n) is 6.51. The maximum Gasteiger partial charge on any atom is 0.224 e. The Bertz CT molecular complexity index is 1330. The maximum absolute atomic E-state index is 12.4. The van der Waals surface area contributed by atoms with Crippen LogP contribution in [0.15, 0.2) is 60.7 Å². The smallest absolute Gasteiger partial charge is 0.224 e. The average molecular weight is 470 g/mol. The largest absolute Gasteiger partial charge is 0.365 e. The monoisotopic (exact) mass is 469 g/mol. The molecule has 0 saturated carbocycles. The Kier molecular flexibility index (Phi) is 6.35. The first kappa shape index (κ1) is 22.8. The van der Waals surface area contributed by atoms with E-state index in [0.29, 0.717) is 30.4 Å². The summed E-state index contributed by atoms with van der Waals surface area (Å²) >= 11 is 0. The zero-order valence-corrected chi connectivity index (χ0v) is 20.5.